The molecule has 0 aromatic heterocycles. The first-order valence-corrected chi connectivity index (χ1v) is 7.72. The van der Waals surface area contributed by atoms with Crippen LogP contribution in [-0.4, -0.2) is 11.6 Å². The van der Waals surface area contributed by atoms with E-state index in [1.807, 2.05) is 48.5 Å². The maximum absolute atomic E-state index is 12.3. The van der Waals surface area contributed by atoms with E-state index in [0.717, 1.165) is 24.0 Å². The van der Waals surface area contributed by atoms with Gasteiger partial charge in [-0.2, -0.15) is 0 Å². The Kier molecular flexibility index (Phi) is 2.93. The molecule has 2 fully saturated rings. The summed E-state index contributed by atoms with van der Waals surface area (Å²) in [7, 11) is 0. The topological polar surface area (TPSA) is 26.3 Å². The number of rotatable bonds is 3. The van der Waals surface area contributed by atoms with Crippen molar-refractivity contribution >= 4 is 11.5 Å². The van der Waals surface area contributed by atoms with Crippen molar-refractivity contribution in [2.75, 3.05) is 0 Å². The van der Waals surface area contributed by atoms with Gasteiger partial charge in [-0.05, 0) is 23.1 Å². The fourth-order valence-corrected chi connectivity index (χ4v) is 3.94. The van der Waals surface area contributed by atoms with Crippen molar-refractivity contribution in [1.82, 2.24) is 0 Å². The lowest BCUT2D eigenvalue weighted by molar-refractivity contribution is -0.152. The molecule has 1 heterocycles. The van der Waals surface area contributed by atoms with Crippen LogP contribution >= 0.6 is 0 Å². The minimum absolute atomic E-state index is 0.0390. The zero-order valence-corrected chi connectivity index (χ0v) is 12.4. The Morgan fingerprint density at radius 2 is 1.55 bits per heavy atom. The predicted octanol–water partition coefficient (Wildman–Crippen LogP) is 4.19. The van der Waals surface area contributed by atoms with Gasteiger partial charge in [0.05, 0.1) is 5.92 Å². The van der Waals surface area contributed by atoms with Crippen molar-refractivity contribution in [2.24, 2.45) is 5.92 Å². The summed E-state index contributed by atoms with van der Waals surface area (Å²) in [5, 5.41) is 0. The first-order chi connectivity index (χ1) is 10.7. The van der Waals surface area contributed by atoms with Crippen LogP contribution in [0.25, 0.3) is 5.57 Å². The molecule has 2 nitrogen and oxygen atoms in total. The molecule has 1 saturated heterocycles. The van der Waals surface area contributed by atoms with E-state index < -0.39 is 5.60 Å². The lowest BCUT2D eigenvalue weighted by atomic mass is 9.84. The third-order valence-corrected chi connectivity index (χ3v) is 5.08. The van der Waals surface area contributed by atoms with Crippen molar-refractivity contribution in [1.29, 1.82) is 0 Å². The fraction of sp³-hybridized carbons (Fsp3) is 0.250. The summed E-state index contributed by atoms with van der Waals surface area (Å²) in [5.41, 5.74) is 2.70. The molecule has 2 aliphatic rings. The molecule has 2 heteroatoms. The van der Waals surface area contributed by atoms with Gasteiger partial charge in [0.25, 0.3) is 0 Å². The van der Waals surface area contributed by atoms with Crippen molar-refractivity contribution in [3.8, 4) is 0 Å². The predicted molar refractivity (Wildman–Crippen MR) is 86.2 cm³/mol. The van der Waals surface area contributed by atoms with Gasteiger partial charge in [0.15, 0.2) is 0 Å². The molecule has 0 radical (unpaired) electrons. The quantitative estimate of drug-likeness (QED) is 0.792. The maximum atomic E-state index is 12.3. The highest BCUT2D eigenvalue weighted by atomic mass is 16.6. The second kappa shape index (κ2) is 4.84. The van der Waals surface area contributed by atoms with Gasteiger partial charge in [-0.25, -0.2) is 0 Å². The average molecular weight is 290 g/mol. The standard InChI is InChI=1S/C20H18O2/c1-14(15-8-4-2-5-9-15)20-12-17(16-10-6-3-7-11-16)18(13-20)19(21)22-20/h2-11,17-18H,1,12-13H2/t17-,18?,20+/m1/s1. The third kappa shape index (κ3) is 1.91. The Balaban J connectivity index is 1.69. The van der Waals surface area contributed by atoms with Crippen LogP contribution in [0.4, 0.5) is 0 Å². The van der Waals surface area contributed by atoms with E-state index in [4.69, 9.17) is 4.74 Å². The Bertz CT molecular complexity index is 720. The van der Waals surface area contributed by atoms with E-state index in [1.54, 1.807) is 0 Å². The molecular formula is C20H18O2. The molecule has 1 aliphatic carbocycles. The van der Waals surface area contributed by atoms with Gasteiger partial charge in [-0.1, -0.05) is 67.2 Å². The molecule has 1 saturated carbocycles. The Morgan fingerprint density at radius 3 is 2.23 bits per heavy atom. The van der Waals surface area contributed by atoms with Crippen molar-refractivity contribution in [2.45, 2.75) is 24.4 Å². The van der Waals surface area contributed by atoms with Crippen LogP contribution in [0.3, 0.4) is 0 Å². The first kappa shape index (κ1) is 13.3. The number of benzene rings is 2. The lowest BCUT2D eigenvalue weighted by Crippen LogP contribution is -2.32. The summed E-state index contributed by atoms with van der Waals surface area (Å²) < 4.78 is 5.78. The average Bonchev–Trinajstić information content (AvgIpc) is 3.12. The number of ether oxygens (including phenoxy) is 1. The van der Waals surface area contributed by atoms with Crippen LogP contribution in [0.15, 0.2) is 67.2 Å². The van der Waals surface area contributed by atoms with E-state index >= 15 is 0 Å². The van der Waals surface area contributed by atoms with Crippen LogP contribution in [0, 0.1) is 5.92 Å². The minimum atomic E-state index is -0.524. The number of hydrogen-bond donors (Lipinski definition) is 0. The van der Waals surface area contributed by atoms with Gasteiger partial charge in [0.2, 0.25) is 0 Å². The van der Waals surface area contributed by atoms with Gasteiger partial charge >= 0.3 is 5.97 Å². The molecular weight excluding hydrogens is 272 g/mol. The van der Waals surface area contributed by atoms with Crippen molar-refractivity contribution in [3.63, 3.8) is 0 Å². The lowest BCUT2D eigenvalue weighted by Gasteiger charge is -2.32. The summed E-state index contributed by atoms with van der Waals surface area (Å²) in [6.45, 7) is 4.26. The van der Waals surface area contributed by atoms with E-state index in [-0.39, 0.29) is 17.8 Å². The number of hydrogen-bond acceptors (Lipinski definition) is 2. The molecule has 0 spiro atoms. The van der Waals surface area contributed by atoms with Crippen LogP contribution in [0.2, 0.25) is 0 Å². The normalized spacial score (nSPS) is 29.4. The van der Waals surface area contributed by atoms with Gasteiger partial charge in [0, 0.05) is 12.3 Å². The van der Waals surface area contributed by atoms with Crippen LogP contribution in [-0.2, 0) is 9.53 Å². The fourth-order valence-electron chi connectivity index (χ4n) is 3.94. The second-order valence-corrected chi connectivity index (χ2v) is 6.29. The van der Waals surface area contributed by atoms with Crippen LogP contribution in [0.5, 0.6) is 0 Å². The molecule has 0 amide bonds. The summed E-state index contributed by atoms with van der Waals surface area (Å²) in [5.74, 6) is 0.128. The van der Waals surface area contributed by atoms with Crippen molar-refractivity contribution < 1.29 is 9.53 Å². The summed E-state index contributed by atoms with van der Waals surface area (Å²) in [6.07, 6.45) is 1.58. The number of esters is 1. The van der Waals surface area contributed by atoms with Gasteiger partial charge in [-0.3, -0.25) is 4.79 Å². The van der Waals surface area contributed by atoms with E-state index in [0.29, 0.717) is 0 Å². The van der Waals surface area contributed by atoms with E-state index in [1.165, 1.54) is 5.56 Å². The highest BCUT2D eigenvalue weighted by molar-refractivity contribution is 5.85. The largest absolute Gasteiger partial charge is 0.454 e. The van der Waals surface area contributed by atoms with Gasteiger partial charge < -0.3 is 4.74 Å². The zero-order valence-electron chi connectivity index (χ0n) is 12.4. The number of fused-ring (bicyclic) bond motifs is 2. The van der Waals surface area contributed by atoms with E-state index in [2.05, 4.69) is 18.7 Å². The van der Waals surface area contributed by atoms with E-state index in [9.17, 15) is 4.79 Å². The van der Waals surface area contributed by atoms with Crippen molar-refractivity contribution in [3.05, 3.63) is 78.4 Å². The SMILES string of the molecule is C=C(c1ccccc1)[C@]12CC(C(=O)O1)[C@@H](c1ccccc1)C2. The molecule has 110 valence electrons. The molecule has 1 aliphatic heterocycles. The van der Waals surface area contributed by atoms with Gasteiger partial charge in [-0.15, -0.1) is 0 Å². The Hall–Kier alpha value is -2.35. The van der Waals surface area contributed by atoms with Crippen LogP contribution in [0.1, 0.15) is 29.9 Å². The molecule has 0 N–H and O–H groups in total. The molecule has 2 bridgehead atoms. The molecule has 2 aromatic rings. The monoisotopic (exact) mass is 290 g/mol. The number of carbonyl (C=O) groups is 1. The molecule has 1 unspecified atom stereocenters. The Labute approximate surface area is 130 Å². The highest BCUT2D eigenvalue weighted by Gasteiger charge is 2.59. The minimum Gasteiger partial charge on any atom is -0.454 e. The van der Waals surface area contributed by atoms with Crippen LogP contribution < -0.4 is 0 Å². The molecule has 22 heavy (non-hydrogen) atoms. The smallest absolute Gasteiger partial charge is 0.310 e. The maximum Gasteiger partial charge on any atom is 0.310 e. The first-order valence-electron chi connectivity index (χ1n) is 7.72. The third-order valence-electron chi connectivity index (χ3n) is 5.08. The van der Waals surface area contributed by atoms with Gasteiger partial charge in [0.1, 0.15) is 5.60 Å². The zero-order chi connectivity index (χ0) is 15.2. The Morgan fingerprint density at radius 1 is 0.955 bits per heavy atom. The summed E-state index contributed by atoms with van der Waals surface area (Å²) in [4.78, 5) is 12.3. The second-order valence-electron chi connectivity index (χ2n) is 6.29. The molecule has 2 aromatic carbocycles. The summed E-state index contributed by atoms with van der Waals surface area (Å²) >= 11 is 0. The number of carbonyl (C=O) groups excluding carboxylic acids is 1. The highest BCUT2D eigenvalue weighted by Crippen LogP contribution is 2.57. The summed E-state index contributed by atoms with van der Waals surface area (Å²) in [6, 6.07) is 20.3. The molecule has 3 atom stereocenters. The molecule has 4 rings (SSSR count).